The summed E-state index contributed by atoms with van der Waals surface area (Å²) in [6, 6.07) is 20.9. The van der Waals surface area contributed by atoms with Crippen LogP contribution in [-0.2, 0) is 10.0 Å². The highest BCUT2D eigenvalue weighted by atomic mass is 32.2. The quantitative estimate of drug-likeness (QED) is 0.679. The molecule has 1 atom stereocenters. The zero-order valence-electron chi connectivity index (χ0n) is 16.2. The minimum atomic E-state index is -3.70. The minimum absolute atomic E-state index is 0.364. The van der Waals surface area contributed by atoms with Crippen molar-refractivity contribution in [2.45, 2.75) is 38.6 Å². The van der Waals surface area contributed by atoms with Crippen LogP contribution in [0.1, 0.15) is 39.4 Å². The monoisotopic (exact) mass is 379 g/mol. The van der Waals surface area contributed by atoms with Gasteiger partial charge in [-0.1, -0.05) is 72.3 Å². The molecule has 0 aliphatic carbocycles. The van der Waals surface area contributed by atoms with Crippen LogP contribution in [0.2, 0.25) is 0 Å². The normalized spacial score (nSPS) is 12.7. The third kappa shape index (κ3) is 4.12. The van der Waals surface area contributed by atoms with E-state index in [-0.39, 0.29) is 0 Å². The lowest BCUT2D eigenvalue weighted by Gasteiger charge is -2.23. The molecular weight excluding hydrogens is 354 g/mol. The van der Waals surface area contributed by atoms with Crippen LogP contribution in [0.5, 0.6) is 0 Å². The molecular formula is C23H25NO2S. The van der Waals surface area contributed by atoms with E-state index in [1.807, 2.05) is 94.4 Å². The van der Waals surface area contributed by atoms with Gasteiger partial charge >= 0.3 is 0 Å². The molecule has 0 heterocycles. The molecule has 4 heteroatoms. The molecule has 0 saturated carbocycles. The van der Waals surface area contributed by atoms with E-state index >= 15 is 0 Å². The molecule has 1 N–H and O–H groups in total. The van der Waals surface area contributed by atoms with Crippen LogP contribution in [0.15, 0.2) is 71.6 Å². The summed E-state index contributed by atoms with van der Waals surface area (Å²) >= 11 is 0. The van der Waals surface area contributed by atoms with E-state index in [9.17, 15) is 8.42 Å². The first-order chi connectivity index (χ1) is 12.8. The smallest absolute Gasteiger partial charge is 0.207 e. The van der Waals surface area contributed by atoms with Gasteiger partial charge in [-0.15, -0.1) is 0 Å². The number of sulfonamides is 1. The predicted molar refractivity (Wildman–Crippen MR) is 110 cm³/mol. The van der Waals surface area contributed by atoms with Crippen molar-refractivity contribution in [2.24, 2.45) is 0 Å². The van der Waals surface area contributed by atoms with Gasteiger partial charge in [0.25, 0.3) is 0 Å². The van der Waals surface area contributed by atoms with E-state index in [1.54, 1.807) is 0 Å². The molecule has 0 bridgehead atoms. The Hall–Kier alpha value is -2.43. The lowest BCUT2D eigenvalue weighted by molar-refractivity contribution is 0.570. The van der Waals surface area contributed by atoms with Crippen molar-refractivity contribution in [3.8, 4) is 0 Å². The second-order valence-corrected chi connectivity index (χ2v) is 8.70. The summed E-state index contributed by atoms with van der Waals surface area (Å²) in [4.78, 5) is 0.364. The Labute approximate surface area is 162 Å². The third-order valence-corrected chi connectivity index (χ3v) is 6.51. The lowest BCUT2D eigenvalue weighted by atomic mass is 9.96. The van der Waals surface area contributed by atoms with Crippen molar-refractivity contribution < 1.29 is 8.42 Å². The fourth-order valence-corrected chi connectivity index (χ4v) is 5.33. The van der Waals surface area contributed by atoms with Gasteiger partial charge in [0.15, 0.2) is 0 Å². The van der Waals surface area contributed by atoms with Crippen molar-refractivity contribution >= 4 is 10.0 Å². The molecule has 3 aromatic carbocycles. The average molecular weight is 380 g/mol. The van der Waals surface area contributed by atoms with Crippen LogP contribution in [0.4, 0.5) is 0 Å². The molecule has 0 fully saturated rings. The zero-order valence-corrected chi connectivity index (χ0v) is 17.0. The fourth-order valence-electron chi connectivity index (χ4n) is 3.67. The average Bonchev–Trinajstić information content (AvgIpc) is 2.60. The number of rotatable bonds is 5. The molecule has 0 radical (unpaired) electrons. The van der Waals surface area contributed by atoms with Gasteiger partial charge in [0.2, 0.25) is 10.0 Å². The van der Waals surface area contributed by atoms with Crippen LogP contribution >= 0.6 is 0 Å². The fraction of sp³-hybridized carbons (Fsp3) is 0.217. The van der Waals surface area contributed by atoms with Gasteiger partial charge in [0.1, 0.15) is 0 Å². The third-order valence-electron chi connectivity index (χ3n) is 4.78. The standard InChI is InChI=1S/C23H25NO2S/c1-16-14-18(3)23(19(4)15-16)27(25,26)24-22(20-11-6-5-7-12-20)21-13-9-8-10-17(21)2/h5-15,22,24H,1-4H3/t22-/m1/s1. The van der Waals surface area contributed by atoms with Gasteiger partial charge in [-0.25, -0.2) is 8.42 Å². The van der Waals surface area contributed by atoms with Crippen LogP contribution in [0, 0.1) is 27.7 Å². The summed E-state index contributed by atoms with van der Waals surface area (Å²) in [6.07, 6.45) is 0. The second kappa shape index (κ2) is 7.67. The number of aryl methyl sites for hydroxylation is 4. The zero-order chi connectivity index (χ0) is 19.6. The van der Waals surface area contributed by atoms with Crippen molar-refractivity contribution in [2.75, 3.05) is 0 Å². The molecule has 3 aromatic rings. The van der Waals surface area contributed by atoms with E-state index in [0.717, 1.165) is 33.4 Å². The van der Waals surface area contributed by atoms with E-state index in [4.69, 9.17) is 0 Å². The van der Waals surface area contributed by atoms with Crippen molar-refractivity contribution in [3.05, 3.63) is 100 Å². The van der Waals surface area contributed by atoms with Gasteiger partial charge in [-0.05, 0) is 55.5 Å². The summed E-state index contributed by atoms with van der Waals surface area (Å²) in [5.74, 6) is 0. The predicted octanol–water partition coefficient (Wildman–Crippen LogP) is 4.99. The van der Waals surface area contributed by atoms with Crippen LogP contribution in [0.25, 0.3) is 0 Å². The van der Waals surface area contributed by atoms with E-state index in [1.165, 1.54) is 0 Å². The van der Waals surface area contributed by atoms with Gasteiger partial charge in [0, 0.05) is 0 Å². The molecule has 0 aromatic heterocycles. The van der Waals surface area contributed by atoms with E-state index < -0.39 is 16.1 Å². The number of benzene rings is 3. The van der Waals surface area contributed by atoms with E-state index in [2.05, 4.69) is 4.72 Å². The molecule has 0 saturated heterocycles. The van der Waals surface area contributed by atoms with Crippen LogP contribution in [0.3, 0.4) is 0 Å². The van der Waals surface area contributed by atoms with Crippen LogP contribution in [-0.4, -0.2) is 8.42 Å². The van der Waals surface area contributed by atoms with Gasteiger partial charge in [-0.2, -0.15) is 4.72 Å². The maximum absolute atomic E-state index is 13.3. The molecule has 0 unspecified atom stereocenters. The molecule has 0 spiro atoms. The summed E-state index contributed by atoms with van der Waals surface area (Å²) < 4.78 is 29.6. The first kappa shape index (κ1) is 19.3. The maximum atomic E-state index is 13.3. The number of hydrogen-bond donors (Lipinski definition) is 1. The molecule has 0 amide bonds. The Morgan fingerprint density at radius 1 is 0.741 bits per heavy atom. The van der Waals surface area contributed by atoms with Gasteiger partial charge in [0.05, 0.1) is 10.9 Å². The van der Waals surface area contributed by atoms with Gasteiger partial charge in [-0.3, -0.25) is 0 Å². The molecule has 0 aliphatic heterocycles. The van der Waals surface area contributed by atoms with Gasteiger partial charge < -0.3 is 0 Å². The van der Waals surface area contributed by atoms with Crippen molar-refractivity contribution in [1.29, 1.82) is 0 Å². The summed E-state index contributed by atoms with van der Waals surface area (Å²) in [5, 5.41) is 0. The first-order valence-electron chi connectivity index (χ1n) is 9.00. The minimum Gasteiger partial charge on any atom is -0.207 e. The molecule has 0 aliphatic rings. The second-order valence-electron chi connectivity index (χ2n) is 7.05. The number of nitrogens with one attached hydrogen (secondary N) is 1. The summed E-state index contributed by atoms with van der Waals surface area (Å²) in [6.45, 7) is 7.67. The van der Waals surface area contributed by atoms with E-state index in [0.29, 0.717) is 4.90 Å². The molecule has 27 heavy (non-hydrogen) atoms. The van der Waals surface area contributed by atoms with Crippen LogP contribution < -0.4 is 4.72 Å². The summed E-state index contributed by atoms with van der Waals surface area (Å²) in [7, 11) is -3.70. The molecule has 3 rings (SSSR count). The Bertz CT molecular complexity index is 1030. The number of hydrogen-bond acceptors (Lipinski definition) is 2. The largest absolute Gasteiger partial charge is 0.241 e. The van der Waals surface area contributed by atoms with Crippen molar-refractivity contribution in [3.63, 3.8) is 0 Å². The Morgan fingerprint density at radius 3 is 1.89 bits per heavy atom. The first-order valence-corrected chi connectivity index (χ1v) is 10.5. The Kier molecular flexibility index (Phi) is 5.49. The Balaban J connectivity index is 2.11. The molecule has 140 valence electrons. The van der Waals surface area contributed by atoms with Crippen molar-refractivity contribution in [1.82, 2.24) is 4.72 Å². The Morgan fingerprint density at radius 2 is 1.30 bits per heavy atom. The SMILES string of the molecule is Cc1cc(C)c(S(=O)(=O)N[C@H](c2ccccc2)c2ccccc2C)c(C)c1. The summed E-state index contributed by atoms with van der Waals surface area (Å²) in [5.41, 5.74) is 5.49. The highest BCUT2D eigenvalue weighted by Gasteiger charge is 2.26. The molecule has 3 nitrogen and oxygen atoms in total. The lowest BCUT2D eigenvalue weighted by Crippen LogP contribution is -2.31. The highest BCUT2D eigenvalue weighted by molar-refractivity contribution is 7.89. The maximum Gasteiger partial charge on any atom is 0.241 e. The highest BCUT2D eigenvalue weighted by Crippen LogP contribution is 2.29. The topological polar surface area (TPSA) is 46.2 Å².